The molecule has 148 valence electrons. The molecule has 4 fully saturated rings. The third-order valence-corrected chi connectivity index (χ3v) is 8.50. The van der Waals surface area contributed by atoms with Crippen LogP contribution in [0.1, 0.15) is 71.6 Å². The predicted octanol–water partition coefficient (Wildman–Crippen LogP) is 3.93. The molecule has 1 saturated heterocycles. The van der Waals surface area contributed by atoms with Crippen molar-refractivity contribution >= 4 is 5.91 Å². The molecular weight excluding hydrogens is 326 g/mol. The first kappa shape index (κ1) is 18.7. The van der Waals surface area contributed by atoms with E-state index >= 15 is 0 Å². The highest BCUT2D eigenvalue weighted by atomic mass is 16.5. The summed E-state index contributed by atoms with van der Waals surface area (Å²) in [5, 5.41) is 3.47. The summed E-state index contributed by atoms with van der Waals surface area (Å²) in [5.74, 6) is 2.27. The van der Waals surface area contributed by atoms with Crippen LogP contribution in [0.4, 0.5) is 0 Å². The van der Waals surface area contributed by atoms with Gasteiger partial charge in [-0.2, -0.15) is 0 Å². The van der Waals surface area contributed by atoms with Crippen LogP contribution >= 0.6 is 0 Å². The van der Waals surface area contributed by atoms with Gasteiger partial charge in [0.2, 0.25) is 5.91 Å². The number of hydrogen-bond donors (Lipinski definition) is 1. The van der Waals surface area contributed by atoms with Crippen LogP contribution in [0.3, 0.4) is 0 Å². The van der Waals surface area contributed by atoms with Crippen LogP contribution in [-0.2, 0) is 14.3 Å². The van der Waals surface area contributed by atoms with E-state index in [9.17, 15) is 4.79 Å². The first-order valence-corrected chi connectivity index (χ1v) is 10.9. The molecule has 5 atom stereocenters. The van der Waals surface area contributed by atoms with Crippen molar-refractivity contribution < 1.29 is 14.3 Å². The third-order valence-electron chi connectivity index (χ3n) is 8.50. The highest BCUT2D eigenvalue weighted by Crippen LogP contribution is 2.69. The molecule has 4 aliphatic rings. The van der Waals surface area contributed by atoms with Crippen molar-refractivity contribution in [3.05, 3.63) is 0 Å². The first-order valence-electron chi connectivity index (χ1n) is 10.9. The van der Waals surface area contributed by atoms with Gasteiger partial charge in [-0.3, -0.25) is 4.79 Å². The van der Waals surface area contributed by atoms with Crippen LogP contribution in [0.15, 0.2) is 0 Å². The Morgan fingerprint density at radius 2 is 2.00 bits per heavy atom. The van der Waals surface area contributed by atoms with Gasteiger partial charge in [-0.25, -0.2) is 0 Å². The van der Waals surface area contributed by atoms with E-state index < -0.39 is 0 Å². The zero-order valence-corrected chi connectivity index (χ0v) is 16.9. The van der Waals surface area contributed by atoms with Gasteiger partial charge >= 0.3 is 0 Å². The Balaban J connectivity index is 1.56. The monoisotopic (exact) mass is 363 g/mol. The van der Waals surface area contributed by atoms with Crippen LogP contribution in [0.5, 0.6) is 0 Å². The summed E-state index contributed by atoms with van der Waals surface area (Å²) in [7, 11) is 1.66. The fraction of sp³-hybridized carbons (Fsp3) is 0.955. The Bertz CT molecular complexity index is 527. The number of rotatable bonds is 5. The van der Waals surface area contributed by atoms with Crippen LogP contribution in [0, 0.1) is 28.6 Å². The SMILES string of the molecule is COCCC(=O)N[C@H]1C(C)(C)[C@@H]2C[C@@H]3[C@@H](C4CCCCC4)OCC[C@@]31C2. The van der Waals surface area contributed by atoms with Gasteiger partial charge in [0.15, 0.2) is 0 Å². The molecule has 1 spiro atoms. The smallest absolute Gasteiger partial charge is 0.222 e. The molecule has 4 rings (SSSR count). The molecule has 2 bridgehead atoms. The molecule has 3 saturated carbocycles. The Labute approximate surface area is 158 Å². The molecule has 0 unspecified atom stereocenters. The summed E-state index contributed by atoms with van der Waals surface area (Å²) in [4.78, 5) is 12.6. The second-order valence-electron chi connectivity index (χ2n) is 10.0. The van der Waals surface area contributed by atoms with E-state index in [4.69, 9.17) is 9.47 Å². The van der Waals surface area contributed by atoms with Gasteiger partial charge in [0.1, 0.15) is 0 Å². The van der Waals surface area contributed by atoms with E-state index in [1.165, 1.54) is 44.9 Å². The molecule has 0 aromatic carbocycles. The fourth-order valence-corrected chi connectivity index (χ4v) is 7.19. The molecular formula is C22H37NO3. The molecule has 3 aliphatic carbocycles. The molecule has 1 heterocycles. The van der Waals surface area contributed by atoms with Crippen molar-refractivity contribution in [1.82, 2.24) is 5.32 Å². The Kier molecular flexibility index (Phi) is 5.11. The van der Waals surface area contributed by atoms with Crippen molar-refractivity contribution in [1.29, 1.82) is 0 Å². The highest BCUT2D eigenvalue weighted by molar-refractivity contribution is 5.76. The zero-order valence-electron chi connectivity index (χ0n) is 16.9. The number of carbonyl (C=O) groups is 1. The Morgan fingerprint density at radius 3 is 2.73 bits per heavy atom. The van der Waals surface area contributed by atoms with E-state index in [0.29, 0.717) is 31.0 Å². The number of nitrogens with one attached hydrogen (secondary N) is 1. The maximum Gasteiger partial charge on any atom is 0.222 e. The van der Waals surface area contributed by atoms with Gasteiger partial charge in [-0.1, -0.05) is 33.1 Å². The van der Waals surface area contributed by atoms with E-state index in [2.05, 4.69) is 19.2 Å². The molecule has 0 aromatic rings. The maximum atomic E-state index is 12.6. The zero-order chi connectivity index (χ0) is 18.4. The van der Waals surface area contributed by atoms with Crippen LogP contribution in [-0.4, -0.2) is 38.4 Å². The maximum absolute atomic E-state index is 12.6. The summed E-state index contributed by atoms with van der Waals surface area (Å²) < 4.78 is 11.5. The van der Waals surface area contributed by atoms with Gasteiger partial charge in [0.05, 0.1) is 12.7 Å². The average Bonchev–Trinajstić information content (AvgIpc) is 3.13. The van der Waals surface area contributed by atoms with Crippen molar-refractivity contribution in [3.8, 4) is 0 Å². The number of hydrogen-bond acceptors (Lipinski definition) is 3. The van der Waals surface area contributed by atoms with Crippen molar-refractivity contribution in [3.63, 3.8) is 0 Å². The lowest BCUT2D eigenvalue weighted by molar-refractivity contribution is -0.150. The van der Waals surface area contributed by atoms with Gasteiger partial charge < -0.3 is 14.8 Å². The van der Waals surface area contributed by atoms with Crippen LogP contribution < -0.4 is 5.32 Å². The van der Waals surface area contributed by atoms with Crippen molar-refractivity contribution in [2.75, 3.05) is 20.3 Å². The summed E-state index contributed by atoms with van der Waals surface area (Å²) in [5.41, 5.74) is 0.449. The lowest BCUT2D eigenvalue weighted by Crippen LogP contribution is -2.61. The standard InChI is InChI=1S/C22H37NO3/c1-21(2)16-13-17-19(15-7-5-4-6-8-15)26-12-10-22(17,14-16)20(21)23-18(24)9-11-25-3/h15-17,19-20H,4-14H2,1-3H3,(H,23,24)/t16-,17-,19-,20+,22-/m1/s1. The minimum Gasteiger partial charge on any atom is -0.384 e. The van der Waals surface area contributed by atoms with E-state index in [0.717, 1.165) is 18.9 Å². The third kappa shape index (κ3) is 2.92. The fourth-order valence-electron chi connectivity index (χ4n) is 7.19. The quantitative estimate of drug-likeness (QED) is 0.805. The van der Waals surface area contributed by atoms with E-state index in [1.807, 2.05) is 0 Å². The summed E-state index contributed by atoms with van der Waals surface area (Å²) in [6, 6.07) is 0.290. The van der Waals surface area contributed by atoms with Crippen molar-refractivity contribution in [2.24, 2.45) is 28.6 Å². The summed E-state index contributed by atoms with van der Waals surface area (Å²) in [6.45, 7) is 6.15. The number of fused-ring (bicyclic) bond motifs is 1. The largest absolute Gasteiger partial charge is 0.384 e. The minimum absolute atomic E-state index is 0.159. The summed E-state index contributed by atoms with van der Waals surface area (Å²) in [6.07, 6.45) is 11.4. The normalized spacial score (nSPS) is 41.8. The molecule has 1 aliphatic heterocycles. The Morgan fingerprint density at radius 1 is 1.23 bits per heavy atom. The van der Waals surface area contributed by atoms with Crippen molar-refractivity contribution in [2.45, 2.75) is 83.8 Å². The predicted molar refractivity (Wildman–Crippen MR) is 102 cm³/mol. The van der Waals surface area contributed by atoms with Gasteiger partial charge in [-0.15, -0.1) is 0 Å². The second kappa shape index (κ2) is 7.09. The topological polar surface area (TPSA) is 47.6 Å². The average molecular weight is 364 g/mol. The first-order chi connectivity index (χ1) is 12.5. The number of amides is 1. The van der Waals surface area contributed by atoms with Crippen LogP contribution in [0.25, 0.3) is 0 Å². The number of methoxy groups -OCH3 is 1. The minimum atomic E-state index is 0.159. The molecule has 1 N–H and O–H groups in total. The van der Waals surface area contributed by atoms with Gasteiger partial charge in [0.25, 0.3) is 0 Å². The lowest BCUT2D eigenvalue weighted by atomic mass is 9.57. The second-order valence-corrected chi connectivity index (χ2v) is 10.0. The Hall–Kier alpha value is -0.610. The number of ether oxygens (including phenoxy) is 2. The van der Waals surface area contributed by atoms with E-state index in [-0.39, 0.29) is 22.8 Å². The van der Waals surface area contributed by atoms with Gasteiger partial charge in [0, 0.05) is 26.2 Å². The van der Waals surface area contributed by atoms with Gasteiger partial charge in [-0.05, 0) is 60.7 Å². The van der Waals surface area contributed by atoms with E-state index in [1.54, 1.807) is 7.11 Å². The molecule has 4 nitrogen and oxygen atoms in total. The molecule has 0 radical (unpaired) electrons. The number of carbonyl (C=O) groups excluding carboxylic acids is 1. The molecule has 26 heavy (non-hydrogen) atoms. The molecule has 4 heteroatoms. The van der Waals surface area contributed by atoms with Crippen LogP contribution in [0.2, 0.25) is 0 Å². The molecule has 1 amide bonds. The summed E-state index contributed by atoms with van der Waals surface area (Å²) >= 11 is 0. The lowest BCUT2D eigenvalue weighted by Gasteiger charge is -2.55. The highest BCUT2D eigenvalue weighted by Gasteiger charge is 2.68. The molecule has 0 aromatic heterocycles.